The first kappa shape index (κ1) is 6.54. The van der Waals surface area contributed by atoms with Gasteiger partial charge in [0.15, 0.2) is 0 Å². The molecule has 1 aromatic rings. The summed E-state index contributed by atoms with van der Waals surface area (Å²) in [6.07, 6.45) is 7.26. The van der Waals surface area contributed by atoms with E-state index in [0.29, 0.717) is 12.1 Å². The van der Waals surface area contributed by atoms with E-state index in [1.165, 1.54) is 24.1 Å². The SMILES string of the molecule is c1ncc2c(n1)C[C@H]1CC[C@@H]2N1. The van der Waals surface area contributed by atoms with Crippen LogP contribution in [0.2, 0.25) is 0 Å². The maximum absolute atomic E-state index is 4.31. The molecular formula is C9H11N3. The summed E-state index contributed by atoms with van der Waals surface area (Å²) in [4.78, 5) is 8.37. The van der Waals surface area contributed by atoms with E-state index in [-0.39, 0.29) is 0 Å². The molecule has 0 aromatic carbocycles. The maximum atomic E-state index is 4.31. The van der Waals surface area contributed by atoms with Gasteiger partial charge in [0.25, 0.3) is 0 Å². The van der Waals surface area contributed by atoms with Crippen molar-refractivity contribution in [3.05, 3.63) is 23.8 Å². The van der Waals surface area contributed by atoms with Crippen molar-refractivity contribution in [3.63, 3.8) is 0 Å². The van der Waals surface area contributed by atoms with Crippen LogP contribution in [0.4, 0.5) is 0 Å². The number of rotatable bonds is 0. The normalized spacial score (nSPS) is 31.7. The predicted octanol–water partition coefficient (Wildman–Crippen LogP) is 0.826. The Bertz CT molecular complexity index is 310. The zero-order valence-electron chi connectivity index (χ0n) is 6.83. The Balaban J connectivity index is 2.13. The minimum atomic E-state index is 0.542. The van der Waals surface area contributed by atoms with Crippen LogP contribution >= 0.6 is 0 Å². The van der Waals surface area contributed by atoms with E-state index >= 15 is 0 Å². The van der Waals surface area contributed by atoms with Gasteiger partial charge in [-0.25, -0.2) is 9.97 Å². The molecule has 3 heterocycles. The molecule has 2 aliphatic heterocycles. The topological polar surface area (TPSA) is 37.8 Å². The Hall–Kier alpha value is -0.960. The van der Waals surface area contributed by atoms with Gasteiger partial charge in [-0.2, -0.15) is 0 Å². The molecule has 3 heteroatoms. The number of fused-ring (bicyclic) bond motifs is 4. The molecule has 0 saturated carbocycles. The third-order valence-electron chi connectivity index (χ3n) is 2.88. The quantitative estimate of drug-likeness (QED) is 0.612. The second-order valence-electron chi connectivity index (χ2n) is 3.62. The van der Waals surface area contributed by atoms with Gasteiger partial charge < -0.3 is 5.32 Å². The van der Waals surface area contributed by atoms with Crippen LogP contribution in [0.3, 0.4) is 0 Å². The first-order valence-electron chi connectivity index (χ1n) is 4.48. The average molecular weight is 161 g/mol. The van der Waals surface area contributed by atoms with Gasteiger partial charge in [0.1, 0.15) is 6.33 Å². The van der Waals surface area contributed by atoms with Crippen molar-refractivity contribution in [2.45, 2.75) is 31.3 Å². The highest BCUT2D eigenvalue weighted by Gasteiger charge is 2.32. The molecule has 1 fully saturated rings. The molecule has 12 heavy (non-hydrogen) atoms. The average Bonchev–Trinajstić information content (AvgIpc) is 2.49. The molecule has 1 N–H and O–H groups in total. The molecule has 0 aliphatic carbocycles. The van der Waals surface area contributed by atoms with Crippen molar-refractivity contribution in [2.75, 3.05) is 0 Å². The molecule has 1 aromatic heterocycles. The Kier molecular flexibility index (Phi) is 1.23. The number of hydrogen-bond donors (Lipinski definition) is 1. The van der Waals surface area contributed by atoms with E-state index < -0.39 is 0 Å². The van der Waals surface area contributed by atoms with Gasteiger partial charge in [-0.05, 0) is 12.8 Å². The summed E-state index contributed by atoms with van der Waals surface area (Å²) in [5.74, 6) is 0. The molecule has 62 valence electrons. The Morgan fingerprint density at radius 2 is 2.42 bits per heavy atom. The summed E-state index contributed by atoms with van der Waals surface area (Å²) >= 11 is 0. The van der Waals surface area contributed by atoms with Crippen molar-refractivity contribution < 1.29 is 0 Å². The molecule has 2 bridgehead atoms. The minimum absolute atomic E-state index is 0.542. The third-order valence-corrected chi connectivity index (χ3v) is 2.88. The summed E-state index contributed by atoms with van der Waals surface area (Å²) in [5, 5.41) is 3.57. The van der Waals surface area contributed by atoms with E-state index in [1.54, 1.807) is 6.33 Å². The summed E-state index contributed by atoms with van der Waals surface area (Å²) in [6, 6.07) is 1.22. The summed E-state index contributed by atoms with van der Waals surface area (Å²) < 4.78 is 0. The summed E-state index contributed by atoms with van der Waals surface area (Å²) in [6.45, 7) is 0. The van der Waals surface area contributed by atoms with Gasteiger partial charge in [0, 0.05) is 30.3 Å². The van der Waals surface area contributed by atoms with Crippen molar-refractivity contribution in [1.82, 2.24) is 15.3 Å². The van der Waals surface area contributed by atoms with Gasteiger partial charge in [0.2, 0.25) is 0 Å². The number of nitrogens with zero attached hydrogens (tertiary/aromatic N) is 2. The minimum Gasteiger partial charge on any atom is -0.307 e. The van der Waals surface area contributed by atoms with Crippen molar-refractivity contribution in [3.8, 4) is 0 Å². The number of nitrogens with one attached hydrogen (secondary N) is 1. The predicted molar refractivity (Wildman–Crippen MR) is 44.6 cm³/mol. The number of hydrogen-bond acceptors (Lipinski definition) is 3. The van der Waals surface area contributed by atoms with Crippen LogP contribution in [0.5, 0.6) is 0 Å². The summed E-state index contributed by atoms with van der Waals surface area (Å²) in [7, 11) is 0. The molecule has 0 amide bonds. The van der Waals surface area contributed by atoms with Crippen LogP contribution < -0.4 is 5.32 Å². The van der Waals surface area contributed by atoms with Gasteiger partial charge >= 0.3 is 0 Å². The van der Waals surface area contributed by atoms with Crippen molar-refractivity contribution >= 4 is 0 Å². The van der Waals surface area contributed by atoms with E-state index in [2.05, 4.69) is 15.3 Å². The Morgan fingerprint density at radius 1 is 1.42 bits per heavy atom. The van der Waals surface area contributed by atoms with Crippen molar-refractivity contribution in [2.24, 2.45) is 0 Å². The van der Waals surface area contributed by atoms with Crippen LogP contribution in [0, 0.1) is 0 Å². The van der Waals surface area contributed by atoms with Crippen LogP contribution in [-0.4, -0.2) is 16.0 Å². The molecule has 0 radical (unpaired) electrons. The maximum Gasteiger partial charge on any atom is 0.115 e. The molecule has 3 rings (SSSR count). The van der Waals surface area contributed by atoms with Crippen molar-refractivity contribution in [1.29, 1.82) is 0 Å². The molecule has 0 spiro atoms. The zero-order chi connectivity index (χ0) is 7.97. The van der Waals surface area contributed by atoms with Crippen LogP contribution in [0.25, 0.3) is 0 Å². The van der Waals surface area contributed by atoms with Crippen LogP contribution in [0.15, 0.2) is 12.5 Å². The molecule has 0 unspecified atom stereocenters. The van der Waals surface area contributed by atoms with E-state index in [9.17, 15) is 0 Å². The van der Waals surface area contributed by atoms with Crippen LogP contribution in [-0.2, 0) is 6.42 Å². The zero-order valence-corrected chi connectivity index (χ0v) is 6.83. The molecule has 1 saturated heterocycles. The summed E-state index contributed by atoms with van der Waals surface area (Å²) in [5.41, 5.74) is 2.59. The van der Waals surface area contributed by atoms with Gasteiger partial charge in [-0.1, -0.05) is 0 Å². The fourth-order valence-corrected chi connectivity index (χ4v) is 2.29. The van der Waals surface area contributed by atoms with Gasteiger partial charge in [-0.3, -0.25) is 0 Å². The molecule has 2 aliphatic rings. The molecular weight excluding hydrogens is 150 g/mol. The largest absolute Gasteiger partial charge is 0.307 e. The number of aromatic nitrogens is 2. The van der Waals surface area contributed by atoms with E-state index in [4.69, 9.17) is 0 Å². The van der Waals surface area contributed by atoms with E-state index in [1.807, 2.05) is 6.20 Å². The van der Waals surface area contributed by atoms with Gasteiger partial charge in [-0.15, -0.1) is 0 Å². The fourth-order valence-electron chi connectivity index (χ4n) is 2.29. The second kappa shape index (κ2) is 2.26. The monoisotopic (exact) mass is 161 g/mol. The lowest BCUT2D eigenvalue weighted by Crippen LogP contribution is -2.32. The Labute approximate surface area is 71.2 Å². The molecule has 2 atom stereocenters. The highest BCUT2D eigenvalue weighted by molar-refractivity contribution is 5.26. The standard InChI is InChI=1S/C9H11N3/c1-2-8-7-4-10-5-11-9(7)3-6(1)12-8/h4-6,8,12H,1-3H2/t6-,8+/m1/s1. The smallest absolute Gasteiger partial charge is 0.115 e. The highest BCUT2D eigenvalue weighted by Crippen LogP contribution is 2.33. The highest BCUT2D eigenvalue weighted by atomic mass is 15.0. The fraction of sp³-hybridized carbons (Fsp3) is 0.556. The van der Waals surface area contributed by atoms with Gasteiger partial charge in [0.05, 0.1) is 5.69 Å². The first-order valence-corrected chi connectivity index (χ1v) is 4.48. The first-order chi connectivity index (χ1) is 5.93. The third kappa shape index (κ3) is 0.799. The lowest BCUT2D eigenvalue weighted by molar-refractivity contribution is 0.504. The van der Waals surface area contributed by atoms with E-state index in [0.717, 1.165) is 6.42 Å². The van der Waals surface area contributed by atoms with Crippen LogP contribution in [0.1, 0.15) is 30.1 Å². The molecule has 3 nitrogen and oxygen atoms in total. The second-order valence-corrected chi connectivity index (χ2v) is 3.62. The lowest BCUT2D eigenvalue weighted by Gasteiger charge is -2.22. The lowest BCUT2D eigenvalue weighted by atomic mass is 10.0. The Morgan fingerprint density at radius 3 is 3.42 bits per heavy atom.